The van der Waals surface area contributed by atoms with Crippen LogP contribution in [0.3, 0.4) is 0 Å². The zero-order valence-electron chi connectivity index (χ0n) is 15.9. The van der Waals surface area contributed by atoms with Crippen molar-refractivity contribution in [1.29, 1.82) is 0 Å². The van der Waals surface area contributed by atoms with Gasteiger partial charge in [-0.25, -0.2) is 9.18 Å². The van der Waals surface area contributed by atoms with Gasteiger partial charge in [0.05, 0.1) is 13.2 Å². The first-order chi connectivity index (χ1) is 13.3. The van der Waals surface area contributed by atoms with E-state index in [2.05, 4.69) is 5.32 Å². The van der Waals surface area contributed by atoms with E-state index < -0.39 is 11.9 Å². The molecule has 0 aliphatic carbocycles. The lowest BCUT2D eigenvalue weighted by atomic mass is 9.96. The van der Waals surface area contributed by atoms with E-state index in [-0.39, 0.29) is 11.9 Å². The van der Waals surface area contributed by atoms with E-state index in [4.69, 9.17) is 9.47 Å². The Morgan fingerprint density at radius 2 is 2.04 bits per heavy atom. The Labute approximate surface area is 162 Å². The second kappa shape index (κ2) is 7.07. The molecule has 0 spiro atoms. The van der Waals surface area contributed by atoms with Gasteiger partial charge in [-0.3, -0.25) is 4.90 Å². The van der Waals surface area contributed by atoms with Gasteiger partial charge in [0.1, 0.15) is 11.9 Å². The lowest BCUT2D eigenvalue weighted by Crippen LogP contribution is -2.26. The molecule has 28 heavy (non-hydrogen) atoms. The summed E-state index contributed by atoms with van der Waals surface area (Å²) in [5.74, 6) is -0.881. The van der Waals surface area contributed by atoms with Crippen molar-refractivity contribution < 1.29 is 23.8 Å². The third-order valence-corrected chi connectivity index (χ3v) is 5.08. The zero-order chi connectivity index (χ0) is 19.9. The Hall–Kier alpha value is -2.64. The molecule has 4 rings (SSSR count). The minimum atomic E-state index is -0.950. The minimum absolute atomic E-state index is 0.0620. The van der Waals surface area contributed by atoms with Crippen LogP contribution in [0, 0.1) is 5.82 Å². The van der Waals surface area contributed by atoms with Crippen LogP contribution in [0.25, 0.3) is 11.1 Å². The number of nitrogens with one attached hydrogen (secondary N) is 1. The molecule has 2 aromatic carbocycles. The maximum Gasteiger partial charge on any atom is 0.407 e. The standard InChI is InChI=1S/C21H23FN2O4/c1-21(2)27-12-17(28-21)9-23-16-7-14-10-24(20(25)26)11-19(14)18(8-16)13-3-5-15(22)6-4-13/h3-8,17,23H,9-12H2,1-2H3,(H,25,26). The van der Waals surface area contributed by atoms with Crippen molar-refractivity contribution in [2.45, 2.75) is 38.8 Å². The van der Waals surface area contributed by atoms with Crippen LogP contribution < -0.4 is 5.32 Å². The molecule has 6 nitrogen and oxygen atoms in total. The van der Waals surface area contributed by atoms with E-state index in [1.807, 2.05) is 26.0 Å². The fourth-order valence-corrected chi connectivity index (χ4v) is 3.73. The molecule has 1 fully saturated rings. The molecular weight excluding hydrogens is 363 g/mol. The Morgan fingerprint density at radius 1 is 1.29 bits per heavy atom. The first-order valence-corrected chi connectivity index (χ1v) is 9.26. The molecule has 0 bridgehead atoms. The van der Waals surface area contributed by atoms with Gasteiger partial charge in [0.25, 0.3) is 0 Å². The van der Waals surface area contributed by atoms with Gasteiger partial charge in [-0.15, -0.1) is 0 Å². The van der Waals surface area contributed by atoms with Gasteiger partial charge in [0.2, 0.25) is 0 Å². The highest BCUT2D eigenvalue weighted by Crippen LogP contribution is 2.36. The van der Waals surface area contributed by atoms with Crippen LogP contribution in [0.2, 0.25) is 0 Å². The van der Waals surface area contributed by atoms with Crippen LogP contribution in [0.4, 0.5) is 14.9 Å². The maximum atomic E-state index is 13.4. The van der Waals surface area contributed by atoms with Crippen molar-refractivity contribution >= 4 is 11.8 Å². The topological polar surface area (TPSA) is 71.0 Å². The third-order valence-electron chi connectivity index (χ3n) is 5.08. The normalized spacial score (nSPS) is 20.2. The molecule has 1 atom stereocenters. The molecule has 1 saturated heterocycles. The average Bonchev–Trinajstić information content (AvgIpc) is 3.23. The number of amides is 1. The molecule has 0 saturated carbocycles. The molecule has 1 amide bonds. The van der Waals surface area contributed by atoms with E-state index in [0.717, 1.165) is 27.9 Å². The predicted octanol–water partition coefficient (Wildman–Crippen LogP) is 4.05. The summed E-state index contributed by atoms with van der Waals surface area (Å²) < 4.78 is 24.8. The van der Waals surface area contributed by atoms with Gasteiger partial charge in [0.15, 0.2) is 5.79 Å². The van der Waals surface area contributed by atoms with Crippen molar-refractivity contribution in [2.24, 2.45) is 0 Å². The van der Waals surface area contributed by atoms with E-state index in [1.165, 1.54) is 17.0 Å². The number of carboxylic acid groups (broad SMARTS) is 1. The summed E-state index contributed by atoms with van der Waals surface area (Å²) in [5.41, 5.74) is 4.55. The third kappa shape index (κ3) is 3.81. The van der Waals surface area contributed by atoms with Crippen LogP contribution in [-0.4, -0.2) is 41.1 Å². The minimum Gasteiger partial charge on any atom is -0.465 e. The predicted molar refractivity (Wildman–Crippen MR) is 103 cm³/mol. The van der Waals surface area contributed by atoms with E-state index in [1.54, 1.807) is 12.1 Å². The molecule has 148 valence electrons. The lowest BCUT2D eigenvalue weighted by molar-refractivity contribution is -0.136. The largest absolute Gasteiger partial charge is 0.465 e. The number of hydrogen-bond donors (Lipinski definition) is 2. The summed E-state index contributed by atoms with van der Waals surface area (Å²) in [6.45, 7) is 5.52. The van der Waals surface area contributed by atoms with Gasteiger partial charge in [-0.1, -0.05) is 12.1 Å². The number of anilines is 1. The van der Waals surface area contributed by atoms with E-state index >= 15 is 0 Å². The number of halogens is 1. The Kier molecular flexibility index (Phi) is 4.72. The number of benzene rings is 2. The first-order valence-electron chi connectivity index (χ1n) is 9.26. The van der Waals surface area contributed by atoms with Crippen LogP contribution in [0.15, 0.2) is 36.4 Å². The summed E-state index contributed by atoms with van der Waals surface area (Å²) in [4.78, 5) is 12.8. The molecule has 7 heteroatoms. The first kappa shape index (κ1) is 18.7. The Balaban J connectivity index is 1.61. The number of fused-ring (bicyclic) bond motifs is 1. The second-order valence-corrected chi connectivity index (χ2v) is 7.64. The number of hydrogen-bond acceptors (Lipinski definition) is 4. The monoisotopic (exact) mass is 386 g/mol. The molecule has 0 aromatic heterocycles. The van der Waals surface area contributed by atoms with Crippen molar-refractivity contribution in [3.8, 4) is 11.1 Å². The molecule has 2 N–H and O–H groups in total. The maximum absolute atomic E-state index is 13.4. The van der Waals surface area contributed by atoms with Crippen molar-refractivity contribution in [1.82, 2.24) is 4.90 Å². The summed E-state index contributed by atoms with van der Waals surface area (Å²) >= 11 is 0. The summed E-state index contributed by atoms with van der Waals surface area (Å²) in [5, 5.41) is 12.8. The van der Waals surface area contributed by atoms with Crippen molar-refractivity contribution in [2.75, 3.05) is 18.5 Å². The molecule has 0 radical (unpaired) electrons. The molecule has 2 aliphatic heterocycles. The Morgan fingerprint density at radius 3 is 2.68 bits per heavy atom. The summed E-state index contributed by atoms with van der Waals surface area (Å²) in [7, 11) is 0. The molecule has 2 heterocycles. The lowest BCUT2D eigenvalue weighted by Gasteiger charge is -2.18. The number of rotatable bonds is 4. The highest BCUT2D eigenvalue weighted by molar-refractivity contribution is 5.76. The molecule has 2 aliphatic rings. The fraction of sp³-hybridized carbons (Fsp3) is 0.381. The van der Waals surface area contributed by atoms with Gasteiger partial charge in [0, 0.05) is 18.8 Å². The number of carbonyl (C=O) groups is 1. The zero-order valence-corrected chi connectivity index (χ0v) is 15.9. The number of nitrogens with zero attached hydrogens (tertiary/aromatic N) is 1. The van der Waals surface area contributed by atoms with E-state index in [9.17, 15) is 14.3 Å². The van der Waals surface area contributed by atoms with Crippen LogP contribution in [0.5, 0.6) is 0 Å². The molecule has 2 aromatic rings. The quantitative estimate of drug-likeness (QED) is 0.830. The van der Waals surface area contributed by atoms with Gasteiger partial charge < -0.3 is 19.9 Å². The van der Waals surface area contributed by atoms with Crippen LogP contribution in [-0.2, 0) is 22.6 Å². The number of ether oxygens (including phenoxy) is 2. The smallest absolute Gasteiger partial charge is 0.407 e. The Bertz CT molecular complexity index is 898. The van der Waals surface area contributed by atoms with Crippen molar-refractivity contribution in [3.63, 3.8) is 0 Å². The summed E-state index contributed by atoms with van der Waals surface area (Å²) in [6, 6.07) is 10.2. The molecular formula is C21H23FN2O4. The average molecular weight is 386 g/mol. The summed E-state index contributed by atoms with van der Waals surface area (Å²) in [6.07, 6.45) is -1.01. The van der Waals surface area contributed by atoms with E-state index in [0.29, 0.717) is 26.2 Å². The SMILES string of the molecule is CC1(C)OCC(CNc2cc3c(c(-c4ccc(F)cc4)c2)CN(C(=O)O)C3)O1. The fourth-order valence-electron chi connectivity index (χ4n) is 3.73. The molecule has 1 unspecified atom stereocenters. The van der Waals surface area contributed by atoms with Crippen LogP contribution in [0.1, 0.15) is 25.0 Å². The van der Waals surface area contributed by atoms with Crippen LogP contribution >= 0.6 is 0 Å². The van der Waals surface area contributed by atoms with Crippen molar-refractivity contribution in [3.05, 3.63) is 53.3 Å². The highest BCUT2D eigenvalue weighted by Gasteiger charge is 2.32. The highest BCUT2D eigenvalue weighted by atomic mass is 19.1. The van der Waals surface area contributed by atoms with Gasteiger partial charge in [-0.05, 0) is 60.4 Å². The second-order valence-electron chi connectivity index (χ2n) is 7.64. The van der Waals surface area contributed by atoms with Gasteiger partial charge >= 0.3 is 6.09 Å². The van der Waals surface area contributed by atoms with Gasteiger partial charge in [-0.2, -0.15) is 0 Å².